The monoisotopic (exact) mass is 516 g/mol. The number of aliphatic hydroxyl groups excluding tert-OH is 2. The Balaban J connectivity index is 0.000000749. The molecule has 0 aliphatic carbocycles. The standard InChI is InChI=1S/C18H20INO4.C3H9NO/c1-12(21)10-20-18(22)14-8-16(23-2)17(9-15(14)19)24-11-13-6-4-3-5-7-13;1-3(5)2-4/h3-9,12,21H,10-11H2,1-2H3,(H,20,22);3,5H,2,4H2,1H3. The Morgan fingerprint density at radius 2 is 1.76 bits per heavy atom. The van der Waals surface area contributed by atoms with Gasteiger partial charge in [-0.05, 0) is 54.1 Å². The highest BCUT2D eigenvalue weighted by Gasteiger charge is 2.16. The summed E-state index contributed by atoms with van der Waals surface area (Å²) >= 11 is 2.09. The second-order valence-corrected chi connectivity index (χ2v) is 7.56. The quantitative estimate of drug-likeness (QED) is 0.401. The van der Waals surface area contributed by atoms with E-state index in [0.29, 0.717) is 30.2 Å². The predicted molar refractivity (Wildman–Crippen MR) is 121 cm³/mol. The van der Waals surface area contributed by atoms with Crippen LogP contribution in [0.2, 0.25) is 0 Å². The Morgan fingerprint density at radius 3 is 2.28 bits per heavy atom. The van der Waals surface area contributed by atoms with Crippen molar-refractivity contribution in [2.75, 3.05) is 20.2 Å². The summed E-state index contributed by atoms with van der Waals surface area (Å²) in [6.07, 6.45) is -0.933. The fourth-order valence-electron chi connectivity index (χ4n) is 2.05. The summed E-state index contributed by atoms with van der Waals surface area (Å²) in [5.74, 6) is 0.819. The van der Waals surface area contributed by atoms with Gasteiger partial charge in [0, 0.05) is 16.7 Å². The van der Waals surface area contributed by atoms with Crippen LogP contribution in [0.15, 0.2) is 42.5 Å². The average molecular weight is 516 g/mol. The van der Waals surface area contributed by atoms with Gasteiger partial charge < -0.3 is 30.7 Å². The molecule has 7 nitrogen and oxygen atoms in total. The van der Waals surface area contributed by atoms with Crippen molar-refractivity contribution in [2.24, 2.45) is 5.73 Å². The lowest BCUT2D eigenvalue weighted by Gasteiger charge is -2.14. The molecule has 0 radical (unpaired) electrons. The maximum absolute atomic E-state index is 12.2. The number of carbonyl (C=O) groups is 1. The molecule has 1 amide bonds. The number of nitrogens with one attached hydrogen (secondary N) is 1. The van der Waals surface area contributed by atoms with Gasteiger partial charge in [0.25, 0.3) is 5.91 Å². The zero-order chi connectivity index (χ0) is 21.8. The minimum absolute atomic E-state index is 0.198. The van der Waals surface area contributed by atoms with Gasteiger partial charge in [-0.2, -0.15) is 0 Å². The lowest BCUT2D eigenvalue weighted by Crippen LogP contribution is -2.31. The number of ether oxygens (including phenoxy) is 2. The van der Waals surface area contributed by atoms with Crippen LogP contribution in [-0.2, 0) is 6.61 Å². The molecule has 29 heavy (non-hydrogen) atoms. The number of carbonyl (C=O) groups excluding carboxylic acids is 1. The Hall–Kier alpha value is -1.88. The van der Waals surface area contributed by atoms with Crippen molar-refractivity contribution >= 4 is 28.5 Å². The molecule has 0 aromatic heterocycles. The molecule has 5 N–H and O–H groups in total. The molecule has 0 heterocycles. The second kappa shape index (κ2) is 13.4. The van der Waals surface area contributed by atoms with E-state index in [0.717, 1.165) is 9.13 Å². The van der Waals surface area contributed by atoms with Gasteiger partial charge in [0.2, 0.25) is 0 Å². The lowest BCUT2D eigenvalue weighted by molar-refractivity contribution is 0.0922. The van der Waals surface area contributed by atoms with Crippen LogP contribution in [0.5, 0.6) is 11.5 Å². The molecule has 0 saturated carbocycles. The number of hydrogen-bond acceptors (Lipinski definition) is 6. The third-order valence-corrected chi connectivity index (χ3v) is 4.53. The fourth-order valence-corrected chi connectivity index (χ4v) is 2.74. The normalized spacial score (nSPS) is 12.2. The van der Waals surface area contributed by atoms with Crippen molar-refractivity contribution in [2.45, 2.75) is 32.7 Å². The van der Waals surface area contributed by atoms with E-state index >= 15 is 0 Å². The van der Waals surface area contributed by atoms with E-state index in [1.54, 1.807) is 26.0 Å². The summed E-state index contributed by atoms with van der Waals surface area (Å²) in [7, 11) is 1.54. The van der Waals surface area contributed by atoms with Crippen LogP contribution in [0.4, 0.5) is 0 Å². The van der Waals surface area contributed by atoms with Crippen LogP contribution in [-0.4, -0.2) is 48.5 Å². The summed E-state index contributed by atoms with van der Waals surface area (Å²) in [6, 6.07) is 13.3. The first kappa shape index (κ1) is 25.2. The third kappa shape index (κ3) is 9.44. The minimum atomic E-state index is -0.595. The summed E-state index contributed by atoms with van der Waals surface area (Å²) < 4.78 is 11.9. The van der Waals surface area contributed by atoms with E-state index < -0.39 is 6.10 Å². The number of amides is 1. The Morgan fingerprint density at radius 1 is 1.14 bits per heavy atom. The number of aliphatic hydroxyl groups is 2. The largest absolute Gasteiger partial charge is 0.493 e. The van der Waals surface area contributed by atoms with Gasteiger partial charge in [0.1, 0.15) is 6.61 Å². The number of nitrogens with two attached hydrogens (primary N) is 1. The molecule has 0 aliphatic rings. The van der Waals surface area contributed by atoms with Gasteiger partial charge >= 0.3 is 0 Å². The molecule has 0 bridgehead atoms. The molecule has 0 fully saturated rings. The number of rotatable bonds is 8. The van der Waals surface area contributed by atoms with E-state index in [-0.39, 0.29) is 18.6 Å². The van der Waals surface area contributed by atoms with Crippen LogP contribution in [0.3, 0.4) is 0 Å². The number of benzene rings is 2. The van der Waals surface area contributed by atoms with Gasteiger partial charge in [-0.15, -0.1) is 0 Å². The number of halogens is 1. The summed E-state index contributed by atoms with van der Waals surface area (Å²) in [4.78, 5) is 12.2. The van der Waals surface area contributed by atoms with Crippen LogP contribution in [0.25, 0.3) is 0 Å². The first-order valence-corrected chi connectivity index (χ1v) is 10.2. The maximum Gasteiger partial charge on any atom is 0.252 e. The molecule has 160 valence electrons. The molecule has 2 unspecified atom stereocenters. The summed E-state index contributed by atoms with van der Waals surface area (Å²) in [5, 5.41) is 20.2. The average Bonchev–Trinajstić information content (AvgIpc) is 2.71. The van der Waals surface area contributed by atoms with E-state index in [2.05, 4.69) is 27.9 Å². The van der Waals surface area contributed by atoms with Crippen molar-refractivity contribution in [3.63, 3.8) is 0 Å². The summed E-state index contributed by atoms with van der Waals surface area (Å²) in [5.41, 5.74) is 6.46. The van der Waals surface area contributed by atoms with E-state index in [9.17, 15) is 9.90 Å². The predicted octanol–water partition coefficient (Wildman–Crippen LogP) is 2.32. The van der Waals surface area contributed by atoms with Gasteiger partial charge in [-0.25, -0.2) is 0 Å². The molecule has 2 rings (SSSR count). The van der Waals surface area contributed by atoms with Crippen LogP contribution in [0, 0.1) is 3.57 Å². The highest BCUT2D eigenvalue weighted by molar-refractivity contribution is 14.1. The first-order chi connectivity index (χ1) is 13.8. The Kier molecular flexibility index (Phi) is 11.6. The van der Waals surface area contributed by atoms with Crippen LogP contribution >= 0.6 is 22.6 Å². The van der Waals surface area contributed by atoms with E-state index in [1.807, 2.05) is 30.3 Å². The van der Waals surface area contributed by atoms with Gasteiger partial charge in [0.15, 0.2) is 11.5 Å². The van der Waals surface area contributed by atoms with Gasteiger partial charge in [-0.3, -0.25) is 4.79 Å². The smallest absolute Gasteiger partial charge is 0.252 e. The molecular formula is C21H29IN2O5. The van der Waals surface area contributed by atoms with Crippen molar-refractivity contribution in [1.29, 1.82) is 0 Å². The third-order valence-electron chi connectivity index (χ3n) is 3.63. The zero-order valence-corrected chi connectivity index (χ0v) is 19.0. The van der Waals surface area contributed by atoms with Gasteiger partial charge in [0.05, 0.1) is 24.9 Å². The summed E-state index contributed by atoms with van der Waals surface area (Å²) in [6.45, 7) is 4.25. The van der Waals surface area contributed by atoms with Gasteiger partial charge in [-0.1, -0.05) is 30.3 Å². The van der Waals surface area contributed by atoms with E-state index in [1.165, 1.54) is 7.11 Å². The zero-order valence-electron chi connectivity index (χ0n) is 16.9. The van der Waals surface area contributed by atoms with E-state index in [4.69, 9.17) is 20.3 Å². The molecule has 2 aromatic rings. The molecule has 2 atom stereocenters. The topological polar surface area (TPSA) is 114 Å². The molecular weight excluding hydrogens is 487 g/mol. The number of hydrogen-bond donors (Lipinski definition) is 4. The van der Waals surface area contributed by atoms with Crippen molar-refractivity contribution in [3.8, 4) is 11.5 Å². The molecule has 0 aliphatic heterocycles. The molecule has 0 spiro atoms. The second-order valence-electron chi connectivity index (χ2n) is 6.40. The van der Waals surface area contributed by atoms with Crippen LogP contribution in [0.1, 0.15) is 29.8 Å². The Bertz CT molecular complexity index is 754. The van der Waals surface area contributed by atoms with Crippen LogP contribution < -0.4 is 20.5 Å². The minimum Gasteiger partial charge on any atom is -0.493 e. The first-order valence-electron chi connectivity index (χ1n) is 9.17. The maximum atomic E-state index is 12.2. The highest BCUT2D eigenvalue weighted by atomic mass is 127. The molecule has 0 saturated heterocycles. The molecule has 2 aromatic carbocycles. The highest BCUT2D eigenvalue weighted by Crippen LogP contribution is 2.32. The SMILES string of the molecule is CC(O)CN.COc1cc(C(=O)NCC(C)O)c(I)cc1OCc1ccccc1. The van der Waals surface area contributed by atoms with Crippen molar-refractivity contribution < 1.29 is 24.5 Å². The fraction of sp³-hybridized carbons (Fsp3) is 0.381. The van der Waals surface area contributed by atoms with Crippen molar-refractivity contribution in [3.05, 3.63) is 57.2 Å². The number of methoxy groups -OCH3 is 1. The van der Waals surface area contributed by atoms with Crippen molar-refractivity contribution in [1.82, 2.24) is 5.32 Å². The molecule has 8 heteroatoms. The Labute approximate surface area is 185 Å². The lowest BCUT2D eigenvalue weighted by atomic mass is 10.2.